The normalized spacial score (nSPS) is 14.9. The third-order valence-corrected chi connectivity index (χ3v) is 8.03. The zero-order valence-corrected chi connectivity index (χ0v) is 21.3. The molecule has 1 saturated heterocycles. The molecule has 0 bridgehead atoms. The summed E-state index contributed by atoms with van der Waals surface area (Å²) in [5.74, 6) is 1.15. The number of methoxy groups -OCH3 is 1. The van der Waals surface area contributed by atoms with E-state index >= 15 is 0 Å². The number of anilines is 1. The van der Waals surface area contributed by atoms with Gasteiger partial charge < -0.3 is 14.4 Å². The van der Waals surface area contributed by atoms with E-state index in [9.17, 15) is 13.2 Å². The van der Waals surface area contributed by atoms with Crippen molar-refractivity contribution in [2.75, 3.05) is 44.8 Å². The SMILES string of the molecule is CCOC(=O)CCc1c(C)nc2ncnn2c1N1CCN(S(=O)(=O)c2cc(Cl)ccc2OC)CC1. The van der Waals surface area contributed by atoms with Crippen LogP contribution in [0.4, 0.5) is 5.82 Å². The lowest BCUT2D eigenvalue weighted by molar-refractivity contribution is -0.143. The summed E-state index contributed by atoms with van der Waals surface area (Å²) >= 11 is 6.07. The number of benzene rings is 1. The Morgan fingerprint density at radius 2 is 1.94 bits per heavy atom. The summed E-state index contributed by atoms with van der Waals surface area (Å²) in [7, 11) is -2.40. The van der Waals surface area contributed by atoms with Crippen LogP contribution in [0.5, 0.6) is 5.75 Å². The van der Waals surface area contributed by atoms with Gasteiger partial charge in [0.25, 0.3) is 5.78 Å². The van der Waals surface area contributed by atoms with E-state index in [-0.39, 0.29) is 36.1 Å². The Morgan fingerprint density at radius 3 is 2.63 bits per heavy atom. The second kappa shape index (κ2) is 10.3. The number of esters is 1. The van der Waals surface area contributed by atoms with Gasteiger partial charge in [-0.05, 0) is 38.5 Å². The smallest absolute Gasteiger partial charge is 0.306 e. The molecule has 0 radical (unpaired) electrons. The van der Waals surface area contributed by atoms with Gasteiger partial charge in [0, 0.05) is 48.9 Å². The molecule has 13 heteroatoms. The molecule has 188 valence electrons. The van der Waals surface area contributed by atoms with E-state index in [1.807, 2.05) is 6.92 Å². The Hall–Kier alpha value is -2.96. The van der Waals surface area contributed by atoms with Crippen LogP contribution in [0.1, 0.15) is 24.6 Å². The van der Waals surface area contributed by atoms with Crippen molar-refractivity contribution in [3.05, 3.63) is 40.8 Å². The molecular formula is C22H27ClN6O5S. The summed E-state index contributed by atoms with van der Waals surface area (Å²) in [5.41, 5.74) is 1.59. The third kappa shape index (κ3) is 5.04. The molecule has 0 N–H and O–H groups in total. The lowest BCUT2D eigenvalue weighted by Gasteiger charge is -2.36. The largest absolute Gasteiger partial charge is 0.495 e. The highest BCUT2D eigenvalue weighted by molar-refractivity contribution is 7.89. The van der Waals surface area contributed by atoms with Crippen molar-refractivity contribution in [3.8, 4) is 5.75 Å². The Kier molecular flexibility index (Phi) is 7.43. The van der Waals surface area contributed by atoms with Crippen molar-refractivity contribution in [2.24, 2.45) is 0 Å². The molecule has 1 fully saturated rings. The van der Waals surface area contributed by atoms with E-state index in [2.05, 4.69) is 20.0 Å². The Morgan fingerprint density at radius 1 is 1.20 bits per heavy atom. The number of ether oxygens (including phenoxy) is 2. The van der Waals surface area contributed by atoms with Crippen LogP contribution >= 0.6 is 11.6 Å². The maximum Gasteiger partial charge on any atom is 0.306 e. The molecule has 3 aromatic rings. The second-order valence-corrected chi connectivity index (χ2v) is 10.3. The van der Waals surface area contributed by atoms with Crippen LogP contribution in [0, 0.1) is 6.92 Å². The molecule has 1 aromatic carbocycles. The summed E-state index contributed by atoms with van der Waals surface area (Å²) in [6.45, 7) is 5.26. The summed E-state index contributed by atoms with van der Waals surface area (Å²) in [6, 6.07) is 4.54. The molecule has 0 unspecified atom stereocenters. The Bertz CT molecular complexity index is 1340. The molecule has 0 aliphatic carbocycles. The molecule has 35 heavy (non-hydrogen) atoms. The second-order valence-electron chi connectivity index (χ2n) is 7.96. The van der Waals surface area contributed by atoms with E-state index < -0.39 is 10.0 Å². The number of halogens is 1. The molecule has 0 atom stereocenters. The van der Waals surface area contributed by atoms with Crippen LogP contribution < -0.4 is 9.64 Å². The maximum absolute atomic E-state index is 13.4. The van der Waals surface area contributed by atoms with Crippen molar-refractivity contribution in [1.29, 1.82) is 0 Å². The van der Waals surface area contributed by atoms with Crippen molar-refractivity contribution in [2.45, 2.75) is 31.6 Å². The van der Waals surface area contributed by atoms with E-state index in [0.717, 1.165) is 17.1 Å². The van der Waals surface area contributed by atoms with Crippen molar-refractivity contribution >= 4 is 39.2 Å². The van der Waals surface area contributed by atoms with Gasteiger partial charge in [-0.3, -0.25) is 4.79 Å². The highest BCUT2D eigenvalue weighted by atomic mass is 35.5. The maximum atomic E-state index is 13.4. The third-order valence-electron chi connectivity index (χ3n) is 5.87. The molecule has 4 rings (SSSR count). The first kappa shape index (κ1) is 25.1. The van der Waals surface area contributed by atoms with Gasteiger partial charge in [0.2, 0.25) is 10.0 Å². The quantitative estimate of drug-likeness (QED) is 0.409. The summed E-state index contributed by atoms with van der Waals surface area (Å²) in [4.78, 5) is 22.8. The number of carbonyl (C=O) groups excluding carboxylic acids is 1. The fraction of sp³-hybridized carbons (Fsp3) is 0.455. The molecular weight excluding hydrogens is 496 g/mol. The van der Waals surface area contributed by atoms with Gasteiger partial charge in [-0.1, -0.05) is 11.6 Å². The highest BCUT2D eigenvalue weighted by Gasteiger charge is 2.33. The van der Waals surface area contributed by atoms with Gasteiger partial charge in [0.05, 0.1) is 13.7 Å². The van der Waals surface area contributed by atoms with Crippen molar-refractivity contribution < 1.29 is 22.7 Å². The number of piperazine rings is 1. The first-order valence-corrected chi connectivity index (χ1v) is 13.0. The van der Waals surface area contributed by atoms with Gasteiger partial charge in [-0.25, -0.2) is 13.4 Å². The Labute approximate surface area is 208 Å². The van der Waals surface area contributed by atoms with E-state index in [1.165, 1.54) is 23.8 Å². The molecule has 1 aliphatic heterocycles. The zero-order chi connectivity index (χ0) is 25.2. The number of hydrogen-bond acceptors (Lipinski definition) is 9. The van der Waals surface area contributed by atoms with Crippen LogP contribution in [0.2, 0.25) is 5.02 Å². The fourth-order valence-corrected chi connectivity index (χ4v) is 6.02. The molecule has 2 aromatic heterocycles. The molecule has 1 aliphatic rings. The number of sulfonamides is 1. The summed E-state index contributed by atoms with van der Waals surface area (Å²) < 4.78 is 40.1. The average molecular weight is 523 g/mol. The molecule has 0 amide bonds. The van der Waals surface area contributed by atoms with Gasteiger partial charge in [-0.15, -0.1) is 0 Å². The van der Waals surface area contributed by atoms with Gasteiger partial charge in [0.1, 0.15) is 22.8 Å². The van der Waals surface area contributed by atoms with Crippen LogP contribution in [0.25, 0.3) is 5.78 Å². The summed E-state index contributed by atoms with van der Waals surface area (Å²) in [5, 5.41) is 4.64. The van der Waals surface area contributed by atoms with Crippen molar-refractivity contribution in [3.63, 3.8) is 0 Å². The average Bonchev–Trinajstić information content (AvgIpc) is 3.30. The minimum absolute atomic E-state index is 0.0366. The fourth-order valence-electron chi connectivity index (χ4n) is 4.18. The molecule has 0 saturated carbocycles. The van der Waals surface area contributed by atoms with Crippen LogP contribution in [0.15, 0.2) is 29.4 Å². The van der Waals surface area contributed by atoms with E-state index in [4.69, 9.17) is 21.1 Å². The van der Waals surface area contributed by atoms with Crippen LogP contribution in [0.3, 0.4) is 0 Å². The first-order chi connectivity index (χ1) is 16.8. The predicted molar refractivity (Wildman–Crippen MR) is 129 cm³/mol. The van der Waals surface area contributed by atoms with Crippen LogP contribution in [-0.4, -0.2) is 78.2 Å². The van der Waals surface area contributed by atoms with E-state index in [1.54, 1.807) is 23.6 Å². The standard InChI is InChI=1S/C22H27ClN6O5S/c1-4-34-20(30)8-6-17-15(2)26-22-24-14-25-29(22)21(17)27-9-11-28(12-10-27)35(31,32)19-13-16(23)5-7-18(19)33-3/h5,7,13-14H,4,6,8-12H2,1-3H3. The van der Waals surface area contributed by atoms with E-state index in [0.29, 0.717) is 36.9 Å². The molecule has 3 heterocycles. The topological polar surface area (TPSA) is 119 Å². The number of carbonyl (C=O) groups is 1. The van der Waals surface area contributed by atoms with Gasteiger partial charge in [-0.2, -0.15) is 18.9 Å². The predicted octanol–water partition coefficient (Wildman–Crippen LogP) is 2.10. The Balaban J connectivity index is 1.61. The first-order valence-electron chi connectivity index (χ1n) is 11.2. The minimum Gasteiger partial charge on any atom is -0.495 e. The number of aromatic nitrogens is 4. The highest BCUT2D eigenvalue weighted by Crippen LogP contribution is 2.31. The molecule has 11 nitrogen and oxygen atoms in total. The zero-order valence-electron chi connectivity index (χ0n) is 19.8. The van der Waals surface area contributed by atoms with Gasteiger partial charge in [0.15, 0.2) is 0 Å². The summed E-state index contributed by atoms with van der Waals surface area (Å²) in [6.07, 6.45) is 2.04. The molecule has 0 spiro atoms. The number of aryl methyl sites for hydroxylation is 1. The number of rotatable bonds is 8. The number of nitrogens with zero attached hydrogens (tertiary/aromatic N) is 6. The lowest BCUT2D eigenvalue weighted by atomic mass is 10.1. The van der Waals surface area contributed by atoms with Gasteiger partial charge >= 0.3 is 5.97 Å². The minimum atomic E-state index is -3.82. The van der Waals surface area contributed by atoms with Crippen LogP contribution in [-0.2, 0) is 26.0 Å². The number of hydrogen-bond donors (Lipinski definition) is 0. The van der Waals surface area contributed by atoms with Crippen molar-refractivity contribution in [1.82, 2.24) is 23.9 Å². The lowest BCUT2D eigenvalue weighted by Crippen LogP contribution is -2.49. The number of fused-ring (bicyclic) bond motifs is 1. The monoisotopic (exact) mass is 522 g/mol.